The van der Waals surface area contributed by atoms with Gasteiger partial charge in [0.2, 0.25) is 0 Å². The Balaban J connectivity index is 1.57. The maximum absolute atomic E-state index is 14.1. The quantitative estimate of drug-likeness (QED) is 0.747. The summed E-state index contributed by atoms with van der Waals surface area (Å²) in [6.45, 7) is 1.95. The summed E-state index contributed by atoms with van der Waals surface area (Å²) in [6, 6.07) is 11.0. The molecule has 0 aliphatic carbocycles. The van der Waals surface area contributed by atoms with Gasteiger partial charge in [0.25, 0.3) is 0 Å². The first kappa shape index (κ1) is 16.0. The molecule has 1 saturated heterocycles. The number of hydrogen-bond acceptors (Lipinski definition) is 4. The number of benzene rings is 1. The van der Waals surface area contributed by atoms with Crippen molar-refractivity contribution in [3.05, 3.63) is 48.4 Å². The Hall–Kier alpha value is -2.47. The molecule has 1 aliphatic rings. The Bertz CT molecular complexity index is 854. The van der Waals surface area contributed by atoms with Crippen LogP contribution in [0.5, 0.6) is 0 Å². The average Bonchev–Trinajstić information content (AvgIpc) is 3.12. The van der Waals surface area contributed by atoms with Crippen LogP contribution in [-0.4, -0.2) is 33.7 Å². The molecular weight excluding hydrogens is 317 g/mol. The van der Waals surface area contributed by atoms with Crippen LogP contribution >= 0.6 is 0 Å². The first-order valence-corrected chi connectivity index (χ1v) is 8.88. The molecule has 1 fully saturated rings. The van der Waals surface area contributed by atoms with Crippen LogP contribution in [0.4, 0.5) is 10.2 Å². The molecular formula is C19H22FN5. The van der Waals surface area contributed by atoms with Gasteiger partial charge in [0.1, 0.15) is 11.6 Å². The van der Waals surface area contributed by atoms with Gasteiger partial charge in [-0.05, 0) is 37.9 Å². The molecule has 3 aromatic rings. The number of nitrogens with one attached hydrogen (secondary N) is 2. The number of halogens is 1. The first-order valence-electron chi connectivity index (χ1n) is 8.88. The van der Waals surface area contributed by atoms with Gasteiger partial charge >= 0.3 is 0 Å². The summed E-state index contributed by atoms with van der Waals surface area (Å²) in [4.78, 5) is 4.53. The lowest BCUT2D eigenvalue weighted by Crippen LogP contribution is -2.35. The normalized spacial score (nSPS) is 17.7. The molecule has 25 heavy (non-hydrogen) atoms. The summed E-state index contributed by atoms with van der Waals surface area (Å²) in [5, 5.41) is 11.3. The Kier molecular flexibility index (Phi) is 4.61. The molecule has 0 amide bonds. The molecule has 1 aliphatic heterocycles. The van der Waals surface area contributed by atoms with Gasteiger partial charge in [0.05, 0.1) is 11.9 Å². The second kappa shape index (κ2) is 7.19. The molecule has 0 bridgehead atoms. The SMILES string of the molecule is Fc1ccccc1-c1cc(NCC[C@H]2CCCCN2)n2nccc2n1. The zero-order chi connectivity index (χ0) is 17.1. The molecule has 0 unspecified atom stereocenters. The average molecular weight is 339 g/mol. The maximum atomic E-state index is 14.1. The van der Waals surface area contributed by atoms with E-state index in [1.807, 2.05) is 18.2 Å². The van der Waals surface area contributed by atoms with Crippen molar-refractivity contribution in [3.63, 3.8) is 0 Å². The molecule has 6 heteroatoms. The molecule has 0 spiro atoms. The van der Waals surface area contributed by atoms with Gasteiger partial charge < -0.3 is 10.6 Å². The van der Waals surface area contributed by atoms with Crippen LogP contribution in [-0.2, 0) is 0 Å². The predicted octanol–water partition coefficient (Wildman–Crippen LogP) is 3.48. The molecule has 2 aromatic heterocycles. The van der Waals surface area contributed by atoms with Crippen LogP contribution in [0.2, 0.25) is 0 Å². The fourth-order valence-corrected chi connectivity index (χ4v) is 3.39. The molecule has 0 saturated carbocycles. The smallest absolute Gasteiger partial charge is 0.157 e. The fraction of sp³-hybridized carbons (Fsp3) is 0.368. The van der Waals surface area contributed by atoms with Crippen LogP contribution < -0.4 is 10.6 Å². The summed E-state index contributed by atoms with van der Waals surface area (Å²) < 4.78 is 15.9. The topological polar surface area (TPSA) is 54.2 Å². The third-order valence-electron chi connectivity index (χ3n) is 4.72. The van der Waals surface area contributed by atoms with Crippen LogP contribution in [0.1, 0.15) is 25.7 Å². The van der Waals surface area contributed by atoms with Crippen molar-refractivity contribution in [3.8, 4) is 11.3 Å². The lowest BCUT2D eigenvalue weighted by atomic mass is 10.0. The molecule has 1 atom stereocenters. The highest BCUT2D eigenvalue weighted by Crippen LogP contribution is 2.24. The van der Waals surface area contributed by atoms with E-state index >= 15 is 0 Å². The van der Waals surface area contributed by atoms with E-state index in [-0.39, 0.29) is 5.82 Å². The summed E-state index contributed by atoms with van der Waals surface area (Å²) in [6.07, 6.45) is 6.57. The molecule has 4 rings (SSSR count). The third kappa shape index (κ3) is 3.49. The van der Waals surface area contributed by atoms with Crippen molar-refractivity contribution in [2.45, 2.75) is 31.7 Å². The van der Waals surface area contributed by atoms with Gasteiger partial charge in [-0.1, -0.05) is 18.6 Å². The molecule has 5 nitrogen and oxygen atoms in total. The van der Waals surface area contributed by atoms with Crippen LogP contribution in [0.15, 0.2) is 42.6 Å². The largest absolute Gasteiger partial charge is 0.370 e. The second-order valence-electron chi connectivity index (χ2n) is 6.47. The summed E-state index contributed by atoms with van der Waals surface area (Å²) >= 11 is 0. The monoisotopic (exact) mass is 339 g/mol. The van der Waals surface area contributed by atoms with Gasteiger partial charge in [0, 0.05) is 30.3 Å². The molecule has 2 N–H and O–H groups in total. The zero-order valence-corrected chi connectivity index (χ0v) is 14.1. The van der Waals surface area contributed by atoms with Gasteiger partial charge in [-0.3, -0.25) is 0 Å². The molecule has 1 aromatic carbocycles. The Morgan fingerprint density at radius 1 is 1.24 bits per heavy atom. The van der Waals surface area contributed by atoms with E-state index in [1.54, 1.807) is 22.8 Å². The van der Waals surface area contributed by atoms with E-state index in [9.17, 15) is 4.39 Å². The predicted molar refractivity (Wildman–Crippen MR) is 97.1 cm³/mol. The van der Waals surface area contributed by atoms with Crippen molar-refractivity contribution < 1.29 is 4.39 Å². The van der Waals surface area contributed by atoms with E-state index in [2.05, 4.69) is 20.7 Å². The van der Waals surface area contributed by atoms with Gasteiger partial charge in [-0.15, -0.1) is 0 Å². The van der Waals surface area contributed by atoms with Crippen LogP contribution in [0, 0.1) is 5.82 Å². The minimum absolute atomic E-state index is 0.267. The van der Waals surface area contributed by atoms with E-state index < -0.39 is 0 Å². The lowest BCUT2D eigenvalue weighted by Gasteiger charge is -2.23. The van der Waals surface area contributed by atoms with Crippen molar-refractivity contribution in [1.82, 2.24) is 19.9 Å². The maximum Gasteiger partial charge on any atom is 0.157 e. The van der Waals surface area contributed by atoms with Crippen molar-refractivity contribution in [2.75, 3.05) is 18.4 Å². The highest BCUT2D eigenvalue weighted by molar-refractivity contribution is 5.66. The molecule has 3 heterocycles. The second-order valence-corrected chi connectivity index (χ2v) is 6.47. The number of hydrogen-bond donors (Lipinski definition) is 2. The number of fused-ring (bicyclic) bond motifs is 1. The first-order chi connectivity index (χ1) is 12.3. The minimum Gasteiger partial charge on any atom is -0.370 e. The van der Waals surface area contributed by atoms with E-state index in [0.717, 1.165) is 25.3 Å². The van der Waals surface area contributed by atoms with Crippen molar-refractivity contribution in [2.24, 2.45) is 0 Å². The number of anilines is 1. The van der Waals surface area contributed by atoms with Gasteiger partial charge in [-0.25, -0.2) is 9.37 Å². The summed E-state index contributed by atoms with van der Waals surface area (Å²) in [7, 11) is 0. The number of nitrogens with zero attached hydrogens (tertiary/aromatic N) is 3. The highest BCUT2D eigenvalue weighted by atomic mass is 19.1. The van der Waals surface area contributed by atoms with Gasteiger partial charge in [0.15, 0.2) is 5.65 Å². The van der Waals surface area contributed by atoms with E-state index in [1.165, 1.54) is 25.3 Å². The Labute approximate surface area is 146 Å². The van der Waals surface area contributed by atoms with Gasteiger partial charge in [-0.2, -0.15) is 9.61 Å². The fourth-order valence-electron chi connectivity index (χ4n) is 3.39. The lowest BCUT2D eigenvalue weighted by molar-refractivity contribution is 0.388. The van der Waals surface area contributed by atoms with E-state index in [0.29, 0.717) is 22.9 Å². The molecule has 0 radical (unpaired) electrons. The summed E-state index contributed by atoms with van der Waals surface area (Å²) in [5.41, 5.74) is 1.83. The third-order valence-corrected chi connectivity index (χ3v) is 4.72. The van der Waals surface area contributed by atoms with Crippen molar-refractivity contribution >= 4 is 11.5 Å². The Morgan fingerprint density at radius 2 is 2.16 bits per heavy atom. The highest BCUT2D eigenvalue weighted by Gasteiger charge is 2.14. The standard InChI is InChI=1S/C19H22FN5/c20-16-7-2-1-6-15(16)17-13-19(25-18(24-17)9-12-23-25)22-11-8-14-5-3-4-10-21-14/h1-2,6-7,9,12-14,21-22H,3-5,8,10-11H2/t14-/m1/s1. The molecule has 130 valence electrons. The van der Waals surface area contributed by atoms with Crippen LogP contribution in [0.3, 0.4) is 0 Å². The number of aromatic nitrogens is 3. The number of rotatable bonds is 5. The zero-order valence-electron chi connectivity index (χ0n) is 14.1. The number of piperidine rings is 1. The van der Waals surface area contributed by atoms with E-state index in [4.69, 9.17) is 0 Å². The minimum atomic E-state index is -0.267. The summed E-state index contributed by atoms with van der Waals surface area (Å²) in [5.74, 6) is 0.570. The van der Waals surface area contributed by atoms with Crippen LogP contribution in [0.25, 0.3) is 16.9 Å². The van der Waals surface area contributed by atoms with Crippen molar-refractivity contribution in [1.29, 1.82) is 0 Å². The Morgan fingerprint density at radius 3 is 3.00 bits per heavy atom.